The van der Waals surface area contributed by atoms with E-state index in [2.05, 4.69) is 4.57 Å². The number of amides is 2. The van der Waals surface area contributed by atoms with Gasteiger partial charge in [0.1, 0.15) is 12.4 Å². The summed E-state index contributed by atoms with van der Waals surface area (Å²) in [5, 5.41) is 11.8. The Kier molecular flexibility index (Phi) is 8.21. The molecule has 0 atom stereocenters. The number of rotatable bonds is 8. The van der Waals surface area contributed by atoms with Gasteiger partial charge in [0.15, 0.2) is 0 Å². The first kappa shape index (κ1) is 28.5. The molecule has 1 aromatic heterocycles. The van der Waals surface area contributed by atoms with Gasteiger partial charge >= 0.3 is 0 Å². The number of carbonyl (C=O) groups is 2. The average molecular weight is 609 g/mol. The van der Waals surface area contributed by atoms with Gasteiger partial charge in [-0.3, -0.25) is 24.6 Å². The molecule has 5 rings (SSSR count). The maximum atomic E-state index is 13.1. The zero-order valence-electron chi connectivity index (χ0n) is 22.0. The van der Waals surface area contributed by atoms with Crippen molar-refractivity contribution in [3.05, 3.63) is 126 Å². The lowest BCUT2D eigenvalue weighted by Crippen LogP contribution is -2.27. The van der Waals surface area contributed by atoms with E-state index in [1.165, 1.54) is 18.2 Å². The fourth-order valence-corrected chi connectivity index (χ4v) is 5.84. The summed E-state index contributed by atoms with van der Waals surface area (Å²) in [6, 6.07) is 20.8. The SMILES string of the molecule is Cc1cc(/C=C2/SC(=O)N(Cc3cccc([N+](=O)[O-])c3)C2=O)c(C)n1-c1ccc(OCc2ccc(Cl)cc2Cl)cc1. The number of nitro benzene ring substituents is 1. The summed E-state index contributed by atoms with van der Waals surface area (Å²) in [6.45, 7) is 4.17. The highest BCUT2D eigenvalue weighted by Gasteiger charge is 2.35. The van der Waals surface area contributed by atoms with Crippen molar-refractivity contribution in [2.45, 2.75) is 27.0 Å². The van der Waals surface area contributed by atoms with Gasteiger partial charge in [-0.05, 0) is 85.3 Å². The lowest BCUT2D eigenvalue weighted by molar-refractivity contribution is -0.384. The van der Waals surface area contributed by atoms with Gasteiger partial charge in [-0.25, -0.2) is 0 Å². The van der Waals surface area contributed by atoms with Gasteiger partial charge in [-0.15, -0.1) is 0 Å². The molecule has 2 amide bonds. The monoisotopic (exact) mass is 607 g/mol. The molecular weight excluding hydrogens is 585 g/mol. The topological polar surface area (TPSA) is 94.7 Å². The van der Waals surface area contributed by atoms with Crippen LogP contribution in [0.15, 0.2) is 77.7 Å². The molecule has 1 fully saturated rings. The van der Waals surface area contributed by atoms with Gasteiger partial charge in [0.05, 0.1) is 16.4 Å². The first-order valence-electron chi connectivity index (χ1n) is 12.5. The second-order valence-electron chi connectivity index (χ2n) is 9.38. The molecule has 0 unspecified atom stereocenters. The van der Waals surface area contributed by atoms with Gasteiger partial charge in [0.2, 0.25) is 0 Å². The molecule has 1 aliphatic heterocycles. The summed E-state index contributed by atoms with van der Waals surface area (Å²) in [6.07, 6.45) is 1.71. The number of aryl methyl sites for hydroxylation is 1. The normalized spacial score (nSPS) is 14.2. The van der Waals surface area contributed by atoms with E-state index in [9.17, 15) is 19.7 Å². The predicted octanol–water partition coefficient (Wildman–Crippen LogP) is 8.12. The molecule has 1 aliphatic rings. The molecule has 0 bridgehead atoms. The number of thioether (sulfide) groups is 1. The molecule has 11 heteroatoms. The Bertz CT molecular complexity index is 1720. The van der Waals surface area contributed by atoms with Crippen LogP contribution < -0.4 is 4.74 Å². The molecule has 41 heavy (non-hydrogen) atoms. The number of aromatic nitrogens is 1. The zero-order chi connectivity index (χ0) is 29.3. The van der Waals surface area contributed by atoms with Crippen molar-refractivity contribution in [1.29, 1.82) is 0 Å². The van der Waals surface area contributed by atoms with Crippen molar-refractivity contribution in [2.24, 2.45) is 0 Å². The fraction of sp³-hybridized carbons (Fsp3) is 0.133. The quantitative estimate of drug-likeness (QED) is 0.114. The Morgan fingerprint density at radius 3 is 2.46 bits per heavy atom. The Morgan fingerprint density at radius 1 is 1.00 bits per heavy atom. The number of hydrogen-bond donors (Lipinski definition) is 0. The van der Waals surface area contributed by atoms with Gasteiger partial charge in [-0.2, -0.15) is 0 Å². The second kappa shape index (κ2) is 11.8. The maximum Gasteiger partial charge on any atom is 0.293 e. The Morgan fingerprint density at radius 2 is 1.76 bits per heavy atom. The number of benzene rings is 3. The minimum Gasteiger partial charge on any atom is -0.489 e. The van der Waals surface area contributed by atoms with Crippen LogP contribution in [-0.2, 0) is 17.9 Å². The summed E-state index contributed by atoms with van der Waals surface area (Å²) in [5.74, 6) is 0.249. The standard InChI is InChI=1S/C30H23Cl2N3O5S/c1-18-12-22(14-28-29(36)33(30(37)41-28)16-20-4-3-5-25(13-20)35(38)39)19(2)34(18)24-8-10-26(11-9-24)40-17-21-6-7-23(31)15-27(21)32/h3-15H,16-17H2,1-2H3/b28-14+. The highest BCUT2D eigenvalue weighted by Crippen LogP contribution is 2.35. The highest BCUT2D eigenvalue weighted by molar-refractivity contribution is 8.18. The molecule has 0 aliphatic carbocycles. The van der Waals surface area contributed by atoms with E-state index >= 15 is 0 Å². The van der Waals surface area contributed by atoms with Crippen molar-refractivity contribution in [1.82, 2.24) is 9.47 Å². The Hall–Kier alpha value is -4.05. The van der Waals surface area contributed by atoms with Crippen molar-refractivity contribution in [3.63, 3.8) is 0 Å². The number of nitro groups is 1. The van der Waals surface area contributed by atoms with Crippen LogP contribution >= 0.6 is 35.0 Å². The minimum absolute atomic E-state index is 0.0403. The molecule has 0 radical (unpaired) electrons. The summed E-state index contributed by atoms with van der Waals surface area (Å²) in [7, 11) is 0. The van der Waals surface area contributed by atoms with E-state index in [1.54, 1.807) is 24.3 Å². The van der Waals surface area contributed by atoms with E-state index in [-0.39, 0.29) is 12.2 Å². The van der Waals surface area contributed by atoms with Gasteiger partial charge in [0, 0.05) is 44.8 Å². The van der Waals surface area contributed by atoms with Gasteiger partial charge < -0.3 is 9.30 Å². The average Bonchev–Trinajstić information content (AvgIpc) is 3.37. The predicted molar refractivity (Wildman–Crippen MR) is 161 cm³/mol. The van der Waals surface area contributed by atoms with E-state index in [0.29, 0.717) is 32.9 Å². The number of halogens is 2. The van der Waals surface area contributed by atoms with Crippen LogP contribution in [0.2, 0.25) is 10.0 Å². The lowest BCUT2D eigenvalue weighted by Gasteiger charge is -2.12. The largest absolute Gasteiger partial charge is 0.489 e. The zero-order valence-corrected chi connectivity index (χ0v) is 24.3. The van der Waals surface area contributed by atoms with Crippen molar-refractivity contribution in [3.8, 4) is 11.4 Å². The molecule has 0 N–H and O–H groups in total. The van der Waals surface area contributed by atoms with Crippen LogP contribution in [0.4, 0.5) is 10.5 Å². The molecule has 8 nitrogen and oxygen atoms in total. The molecule has 1 saturated heterocycles. The van der Waals surface area contributed by atoms with Gasteiger partial charge in [-0.1, -0.05) is 41.4 Å². The third-order valence-electron chi connectivity index (χ3n) is 6.60. The molecule has 4 aromatic rings. The number of ether oxygens (including phenoxy) is 1. The molecule has 3 aromatic carbocycles. The number of hydrogen-bond acceptors (Lipinski definition) is 6. The number of nitrogens with zero attached hydrogens (tertiary/aromatic N) is 3. The third-order valence-corrected chi connectivity index (χ3v) is 8.09. The number of carbonyl (C=O) groups excluding carboxylic acids is 2. The van der Waals surface area contributed by atoms with Crippen LogP contribution in [-0.4, -0.2) is 25.5 Å². The number of imide groups is 1. The first-order valence-corrected chi connectivity index (χ1v) is 14.0. The van der Waals surface area contributed by atoms with E-state index < -0.39 is 16.1 Å². The molecular formula is C30H23Cl2N3O5S. The summed E-state index contributed by atoms with van der Waals surface area (Å²) >= 11 is 13.1. The summed E-state index contributed by atoms with van der Waals surface area (Å²) in [4.78, 5) is 37.7. The smallest absolute Gasteiger partial charge is 0.293 e. The molecule has 2 heterocycles. The van der Waals surface area contributed by atoms with Crippen molar-refractivity contribution >= 4 is 57.9 Å². The summed E-state index contributed by atoms with van der Waals surface area (Å²) in [5.41, 5.74) is 4.81. The van der Waals surface area contributed by atoms with Crippen LogP contribution in [0.3, 0.4) is 0 Å². The van der Waals surface area contributed by atoms with Crippen LogP contribution in [0, 0.1) is 24.0 Å². The van der Waals surface area contributed by atoms with E-state index in [0.717, 1.165) is 44.9 Å². The molecule has 0 saturated carbocycles. The van der Waals surface area contributed by atoms with Crippen molar-refractivity contribution in [2.75, 3.05) is 0 Å². The van der Waals surface area contributed by atoms with E-state index in [4.69, 9.17) is 27.9 Å². The molecule has 208 valence electrons. The Balaban J connectivity index is 1.31. The van der Waals surface area contributed by atoms with Crippen molar-refractivity contribution < 1.29 is 19.2 Å². The third kappa shape index (κ3) is 6.17. The fourth-order valence-electron chi connectivity index (χ4n) is 4.55. The Labute approximate surface area is 250 Å². The lowest BCUT2D eigenvalue weighted by atomic mass is 10.2. The van der Waals surface area contributed by atoms with E-state index in [1.807, 2.05) is 50.2 Å². The number of non-ortho nitro benzene ring substituents is 1. The van der Waals surface area contributed by atoms with Crippen LogP contribution in [0.25, 0.3) is 11.8 Å². The summed E-state index contributed by atoms with van der Waals surface area (Å²) < 4.78 is 7.95. The highest BCUT2D eigenvalue weighted by atomic mass is 35.5. The van der Waals surface area contributed by atoms with Crippen LogP contribution in [0.1, 0.15) is 28.1 Å². The maximum absolute atomic E-state index is 13.1. The first-order chi connectivity index (χ1) is 19.6. The second-order valence-corrected chi connectivity index (χ2v) is 11.2. The van der Waals surface area contributed by atoms with Crippen LogP contribution in [0.5, 0.6) is 5.75 Å². The minimum atomic E-state index is -0.509. The van der Waals surface area contributed by atoms with Gasteiger partial charge in [0.25, 0.3) is 16.8 Å². The molecule has 0 spiro atoms.